The van der Waals surface area contributed by atoms with Crippen LogP contribution in [-0.2, 0) is 14.3 Å². The highest BCUT2D eigenvalue weighted by atomic mass is 35.5. The van der Waals surface area contributed by atoms with Crippen molar-refractivity contribution in [3.63, 3.8) is 0 Å². The Bertz CT molecular complexity index is 1020. The van der Waals surface area contributed by atoms with Gasteiger partial charge in [-0.1, -0.05) is 23.2 Å². The Labute approximate surface area is 190 Å². The molecule has 2 aliphatic heterocycles. The van der Waals surface area contributed by atoms with Gasteiger partial charge in [-0.05, 0) is 42.5 Å². The Kier molecular flexibility index (Phi) is 6.18. The van der Waals surface area contributed by atoms with E-state index >= 15 is 0 Å². The number of esters is 1. The van der Waals surface area contributed by atoms with Gasteiger partial charge in [-0.3, -0.25) is 14.5 Å². The number of carbonyl (C=O) groups is 3. The first-order valence-electron chi connectivity index (χ1n) is 9.88. The van der Waals surface area contributed by atoms with Gasteiger partial charge in [0.05, 0.1) is 40.9 Å². The third kappa shape index (κ3) is 4.26. The van der Waals surface area contributed by atoms with Crippen molar-refractivity contribution in [2.24, 2.45) is 0 Å². The van der Waals surface area contributed by atoms with E-state index in [9.17, 15) is 14.4 Å². The number of methoxy groups -OCH3 is 1. The van der Waals surface area contributed by atoms with Crippen LogP contribution in [0.3, 0.4) is 0 Å². The van der Waals surface area contributed by atoms with Crippen molar-refractivity contribution in [3.8, 4) is 0 Å². The Morgan fingerprint density at radius 1 is 0.935 bits per heavy atom. The van der Waals surface area contributed by atoms with Crippen molar-refractivity contribution in [3.05, 3.63) is 58.1 Å². The van der Waals surface area contributed by atoms with Crippen molar-refractivity contribution < 1.29 is 19.1 Å². The first kappa shape index (κ1) is 21.6. The molecule has 9 heteroatoms. The molecule has 4 rings (SSSR count). The lowest BCUT2D eigenvalue weighted by molar-refractivity contribution is -0.123. The smallest absolute Gasteiger partial charge is 0.337 e. The zero-order valence-corrected chi connectivity index (χ0v) is 18.4. The fraction of sp³-hybridized carbons (Fsp3) is 0.318. The van der Waals surface area contributed by atoms with Gasteiger partial charge in [0.2, 0.25) is 5.91 Å². The van der Waals surface area contributed by atoms with Crippen molar-refractivity contribution in [1.82, 2.24) is 4.90 Å². The molecular formula is C22H21Cl2N3O4. The molecule has 0 N–H and O–H groups in total. The summed E-state index contributed by atoms with van der Waals surface area (Å²) in [4.78, 5) is 42.7. The number of benzene rings is 2. The summed E-state index contributed by atoms with van der Waals surface area (Å²) in [5, 5.41) is 1.02. The number of rotatable bonds is 4. The van der Waals surface area contributed by atoms with Gasteiger partial charge in [0.15, 0.2) is 0 Å². The molecule has 0 radical (unpaired) electrons. The van der Waals surface area contributed by atoms with E-state index < -0.39 is 12.0 Å². The third-order valence-electron chi connectivity index (χ3n) is 5.69. The summed E-state index contributed by atoms with van der Waals surface area (Å²) in [6.45, 7) is 2.73. The second-order valence-electron chi connectivity index (χ2n) is 7.45. The Balaban J connectivity index is 1.42. The van der Waals surface area contributed by atoms with Crippen LogP contribution in [0.1, 0.15) is 16.8 Å². The standard InChI is InChI=1S/C22H21Cl2N3O4/c1-31-22(30)14-2-4-15(5-3-14)27-20(28)13-19(21(27)29)26-10-8-25(9-11-26)16-6-7-17(23)18(24)12-16/h2-7,12,19H,8-11,13H2,1H3/t19-/m1/s1. The van der Waals surface area contributed by atoms with Crippen molar-refractivity contribution in [2.45, 2.75) is 12.5 Å². The average molecular weight is 462 g/mol. The third-order valence-corrected chi connectivity index (χ3v) is 6.43. The molecule has 2 aliphatic rings. The highest BCUT2D eigenvalue weighted by Gasteiger charge is 2.43. The van der Waals surface area contributed by atoms with Crippen LogP contribution in [-0.4, -0.2) is 62.0 Å². The largest absolute Gasteiger partial charge is 0.465 e. The minimum absolute atomic E-state index is 0.143. The van der Waals surface area contributed by atoms with E-state index in [-0.39, 0.29) is 18.2 Å². The van der Waals surface area contributed by atoms with Crippen molar-refractivity contribution in [1.29, 1.82) is 0 Å². The maximum atomic E-state index is 13.1. The molecule has 0 aliphatic carbocycles. The molecule has 2 saturated heterocycles. The summed E-state index contributed by atoms with van der Waals surface area (Å²) in [5.74, 6) is -0.949. The maximum absolute atomic E-state index is 13.1. The van der Waals surface area contributed by atoms with Crippen LogP contribution in [0.2, 0.25) is 10.0 Å². The van der Waals surface area contributed by atoms with E-state index in [1.165, 1.54) is 12.0 Å². The molecule has 0 saturated carbocycles. The molecule has 2 aromatic carbocycles. The lowest BCUT2D eigenvalue weighted by Gasteiger charge is -2.38. The highest BCUT2D eigenvalue weighted by Crippen LogP contribution is 2.30. The van der Waals surface area contributed by atoms with Crippen LogP contribution in [0.15, 0.2) is 42.5 Å². The topological polar surface area (TPSA) is 70.2 Å². The zero-order valence-electron chi connectivity index (χ0n) is 16.9. The molecule has 31 heavy (non-hydrogen) atoms. The molecule has 0 unspecified atom stereocenters. The van der Waals surface area contributed by atoms with E-state index in [1.54, 1.807) is 30.3 Å². The summed E-state index contributed by atoms with van der Waals surface area (Å²) < 4.78 is 4.68. The summed E-state index contributed by atoms with van der Waals surface area (Å²) in [6.07, 6.45) is 0.143. The summed E-state index contributed by atoms with van der Waals surface area (Å²) in [7, 11) is 1.30. The van der Waals surface area contributed by atoms with Gasteiger partial charge in [-0.25, -0.2) is 9.69 Å². The van der Waals surface area contributed by atoms with E-state index in [0.717, 1.165) is 5.69 Å². The number of ether oxygens (including phenoxy) is 1. The predicted molar refractivity (Wildman–Crippen MR) is 119 cm³/mol. The predicted octanol–water partition coefficient (Wildman–Crippen LogP) is 3.23. The molecule has 0 spiro atoms. The lowest BCUT2D eigenvalue weighted by atomic mass is 10.1. The van der Waals surface area contributed by atoms with Gasteiger partial charge < -0.3 is 9.64 Å². The second-order valence-corrected chi connectivity index (χ2v) is 8.26. The lowest BCUT2D eigenvalue weighted by Crippen LogP contribution is -2.52. The van der Waals surface area contributed by atoms with Gasteiger partial charge in [-0.2, -0.15) is 0 Å². The van der Waals surface area contributed by atoms with Gasteiger partial charge >= 0.3 is 5.97 Å². The van der Waals surface area contributed by atoms with Gasteiger partial charge in [0, 0.05) is 31.9 Å². The van der Waals surface area contributed by atoms with E-state index in [0.29, 0.717) is 47.5 Å². The normalized spacial score (nSPS) is 19.8. The second kappa shape index (κ2) is 8.86. The number of anilines is 2. The maximum Gasteiger partial charge on any atom is 0.337 e. The van der Waals surface area contributed by atoms with Gasteiger partial charge in [0.25, 0.3) is 5.91 Å². The molecule has 0 aromatic heterocycles. The summed E-state index contributed by atoms with van der Waals surface area (Å²) >= 11 is 12.1. The SMILES string of the molecule is COC(=O)c1ccc(N2C(=O)C[C@@H](N3CCN(c4ccc(Cl)c(Cl)c4)CC3)C2=O)cc1. The first-order valence-corrected chi connectivity index (χ1v) is 10.6. The number of halogens is 2. The molecule has 2 heterocycles. The molecule has 162 valence electrons. The minimum atomic E-state index is -0.483. The monoisotopic (exact) mass is 461 g/mol. The zero-order chi connectivity index (χ0) is 22.1. The number of piperazine rings is 1. The van der Waals surface area contributed by atoms with Crippen LogP contribution >= 0.6 is 23.2 Å². The van der Waals surface area contributed by atoms with Gasteiger partial charge in [0.1, 0.15) is 0 Å². The number of hydrogen-bond acceptors (Lipinski definition) is 6. The molecule has 2 amide bonds. The van der Waals surface area contributed by atoms with Gasteiger partial charge in [-0.15, -0.1) is 0 Å². The molecule has 2 fully saturated rings. The van der Waals surface area contributed by atoms with Crippen LogP contribution < -0.4 is 9.80 Å². The number of amides is 2. The highest BCUT2D eigenvalue weighted by molar-refractivity contribution is 6.42. The molecule has 2 aromatic rings. The number of hydrogen-bond donors (Lipinski definition) is 0. The minimum Gasteiger partial charge on any atom is -0.465 e. The Morgan fingerprint density at radius 3 is 2.19 bits per heavy atom. The van der Waals surface area contributed by atoms with E-state index in [1.807, 2.05) is 12.1 Å². The van der Waals surface area contributed by atoms with Crippen molar-refractivity contribution >= 4 is 52.4 Å². The Morgan fingerprint density at radius 2 is 1.58 bits per heavy atom. The fourth-order valence-corrected chi connectivity index (χ4v) is 4.30. The van der Waals surface area contributed by atoms with Crippen LogP contribution in [0, 0.1) is 0 Å². The quantitative estimate of drug-likeness (QED) is 0.514. The summed E-state index contributed by atoms with van der Waals surface area (Å²) in [6, 6.07) is 11.3. The summed E-state index contributed by atoms with van der Waals surface area (Å²) in [5.41, 5.74) is 1.80. The van der Waals surface area contributed by atoms with E-state index in [2.05, 4.69) is 14.5 Å². The molecular weight excluding hydrogens is 441 g/mol. The molecule has 0 bridgehead atoms. The molecule has 7 nitrogen and oxygen atoms in total. The number of imide groups is 1. The van der Waals surface area contributed by atoms with Crippen LogP contribution in [0.4, 0.5) is 11.4 Å². The van der Waals surface area contributed by atoms with Crippen molar-refractivity contribution in [2.75, 3.05) is 43.1 Å². The molecule has 1 atom stereocenters. The number of nitrogens with zero attached hydrogens (tertiary/aromatic N) is 3. The van der Waals surface area contributed by atoms with Crippen LogP contribution in [0.5, 0.6) is 0 Å². The Hall–Kier alpha value is -2.61. The van der Waals surface area contributed by atoms with E-state index in [4.69, 9.17) is 23.2 Å². The fourth-order valence-electron chi connectivity index (χ4n) is 4.01. The first-order chi connectivity index (χ1) is 14.9. The average Bonchev–Trinajstić information content (AvgIpc) is 3.09. The van der Waals surface area contributed by atoms with Crippen LogP contribution in [0.25, 0.3) is 0 Å². The number of carbonyl (C=O) groups excluding carboxylic acids is 3.